The predicted molar refractivity (Wildman–Crippen MR) is 107 cm³/mol. The highest BCUT2D eigenvalue weighted by Crippen LogP contribution is 2.31. The summed E-state index contributed by atoms with van der Waals surface area (Å²) in [5, 5.41) is 3.36. The van der Waals surface area contributed by atoms with Crippen molar-refractivity contribution in [3.8, 4) is 17.2 Å². The Labute approximate surface area is 164 Å². The van der Waals surface area contributed by atoms with Crippen molar-refractivity contribution in [3.05, 3.63) is 89.7 Å². The first-order valence-corrected chi connectivity index (χ1v) is 9.18. The lowest BCUT2D eigenvalue weighted by Gasteiger charge is -2.16. The van der Waals surface area contributed by atoms with Gasteiger partial charge in [-0.25, -0.2) is 4.39 Å². The number of para-hydroxylation sites is 2. The summed E-state index contributed by atoms with van der Waals surface area (Å²) in [5.74, 6) is 1.96. The van der Waals surface area contributed by atoms with Crippen LogP contribution in [0.15, 0.2) is 72.8 Å². The van der Waals surface area contributed by atoms with Crippen molar-refractivity contribution in [2.45, 2.75) is 13.1 Å². The van der Waals surface area contributed by atoms with E-state index in [1.165, 1.54) is 12.1 Å². The number of ether oxygens (including phenoxy) is 3. The second-order valence-electron chi connectivity index (χ2n) is 6.19. The van der Waals surface area contributed by atoms with Gasteiger partial charge in [0.15, 0.2) is 11.5 Å². The molecule has 0 fully saturated rings. The van der Waals surface area contributed by atoms with E-state index in [2.05, 4.69) is 5.32 Å². The molecule has 1 N–H and O–H groups in total. The number of halogens is 1. The first kappa shape index (κ1) is 19.7. The molecule has 0 aromatic heterocycles. The molecule has 3 aromatic carbocycles. The van der Waals surface area contributed by atoms with Crippen LogP contribution in [0.1, 0.15) is 11.1 Å². The highest BCUT2D eigenvalue weighted by atomic mass is 19.1. The van der Waals surface area contributed by atoms with E-state index in [1.54, 1.807) is 19.2 Å². The molecular formula is C23H24FNO3. The number of nitrogens with one attached hydrogen (secondary N) is 1. The maximum Gasteiger partial charge on any atom is 0.165 e. The Morgan fingerprint density at radius 3 is 2.29 bits per heavy atom. The summed E-state index contributed by atoms with van der Waals surface area (Å²) < 4.78 is 30.1. The molecule has 28 heavy (non-hydrogen) atoms. The van der Waals surface area contributed by atoms with E-state index >= 15 is 0 Å². The largest absolute Gasteiger partial charge is 0.493 e. The zero-order valence-electron chi connectivity index (χ0n) is 15.9. The molecule has 0 aliphatic carbocycles. The summed E-state index contributed by atoms with van der Waals surface area (Å²) >= 11 is 0. The number of hydrogen-bond acceptors (Lipinski definition) is 4. The molecule has 0 saturated heterocycles. The van der Waals surface area contributed by atoms with Crippen LogP contribution in [0.5, 0.6) is 17.2 Å². The molecule has 0 spiro atoms. The van der Waals surface area contributed by atoms with Crippen molar-refractivity contribution in [2.75, 3.05) is 20.3 Å². The Bertz CT molecular complexity index is 853. The first-order chi connectivity index (χ1) is 13.8. The van der Waals surface area contributed by atoms with E-state index in [0.717, 1.165) is 16.9 Å². The van der Waals surface area contributed by atoms with Crippen LogP contribution < -0.4 is 19.5 Å². The van der Waals surface area contributed by atoms with Crippen LogP contribution in [0.2, 0.25) is 0 Å². The summed E-state index contributed by atoms with van der Waals surface area (Å²) in [6.45, 7) is 2.07. The fourth-order valence-corrected chi connectivity index (χ4v) is 2.79. The summed E-state index contributed by atoms with van der Waals surface area (Å²) in [4.78, 5) is 0. The van der Waals surface area contributed by atoms with Crippen molar-refractivity contribution in [2.24, 2.45) is 0 Å². The third-order valence-electron chi connectivity index (χ3n) is 4.18. The van der Waals surface area contributed by atoms with Crippen molar-refractivity contribution < 1.29 is 18.6 Å². The van der Waals surface area contributed by atoms with Crippen LogP contribution in [0.4, 0.5) is 4.39 Å². The first-order valence-electron chi connectivity index (χ1n) is 9.18. The SMILES string of the molecule is COc1cccc(CNCc2ccc(F)cc2)c1OCCOc1ccccc1. The van der Waals surface area contributed by atoms with Crippen molar-refractivity contribution >= 4 is 0 Å². The quantitative estimate of drug-likeness (QED) is 0.522. The lowest BCUT2D eigenvalue weighted by atomic mass is 10.1. The molecule has 3 aromatic rings. The summed E-state index contributed by atoms with van der Waals surface area (Å²) in [5.41, 5.74) is 2.00. The topological polar surface area (TPSA) is 39.7 Å². The van der Waals surface area contributed by atoms with E-state index in [4.69, 9.17) is 14.2 Å². The second kappa shape index (κ2) is 10.3. The van der Waals surface area contributed by atoms with Gasteiger partial charge in [-0.3, -0.25) is 0 Å². The molecule has 3 rings (SSSR count). The minimum Gasteiger partial charge on any atom is -0.493 e. The molecule has 0 amide bonds. The average Bonchev–Trinajstić information content (AvgIpc) is 2.74. The van der Waals surface area contributed by atoms with Gasteiger partial charge in [-0.05, 0) is 35.9 Å². The molecule has 0 bridgehead atoms. The fourth-order valence-electron chi connectivity index (χ4n) is 2.79. The van der Waals surface area contributed by atoms with Crippen molar-refractivity contribution in [3.63, 3.8) is 0 Å². The zero-order valence-corrected chi connectivity index (χ0v) is 15.9. The van der Waals surface area contributed by atoms with Crippen LogP contribution in [0.3, 0.4) is 0 Å². The second-order valence-corrected chi connectivity index (χ2v) is 6.19. The molecule has 0 aliphatic heterocycles. The number of hydrogen-bond donors (Lipinski definition) is 1. The van der Waals surface area contributed by atoms with Crippen LogP contribution >= 0.6 is 0 Å². The summed E-state index contributed by atoms with van der Waals surface area (Å²) in [6, 6.07) is 21.9. The lowest BCUT2D eigenvalue weighted by Crippen LogP contribution is -2.15. The Kier molecular flexibility index (Phi) is 7.27. The van der Waals surface area contributed by atoms with Gasteiger partial charge in [0.1, 0.15) is 24.8 Å². The summed E-state index contributed by atoms with van der Waals surface area (Å²) in [7, 11) is 1.62. The van der Waals surface area contributed by atoms with Gasteiger partial charge in [0.25, 0.3) is 0 Å². The molecule has 146 valence electrons. The molecule has 0 saturated carbocycles. The van der Waals surface area contributed by atoms with Gasteiger partial charge in [-0.2, -0.15) is 0 Å². The van der Waals surface area contributed by atoms with Gasteiger partial charge < -0.3 is 19.5 Å². The predicted octanol–water partition coefficient (Wildman–Crippen LogP) is 4.58. The van der Waals surface area contributed by atoms with E-state index in [-0.39, 0.29) is 5.82 Å². The van der Waals surface area contributed by atoms with Crippen molar-refractivity contribution in [1.82, 2.24) is 5.32 Å². The van der Waals surface area contributed by atoms with Gasteiger partial charge in [-0.1, -0.05) is 42.5 Å². The molecule has 0 unspecified atom stereocenters. The molecule has 0 heterocycles. The van der Waals surface area contributed by atoms with Gasteiger partial charge >= 0.3 is 0 Å². The molecule has 0 atom stereocenters. The van der Waals surface area contributed by atoms with Gasteiger partial charge in [-0.15, -0.1) is 0 Å². The Balaban J connectivity index is 1.55. The summed E-state index contributed by atoms with van der Waals surface area (Å²) in [6.07, 6.45) is 0. The van der Waals surface area contributed by atoms with Crippen LogP contribution in [0.25, 0.3) is 0 Å². The van der Waals surface area contributed by atoms with Crippen LogP contribution in [0, 0.1) is 5.82 Å². The average molecular weight is 381 g/mol. The van der Waals surface area contributed by atoms with E-state index < -0.39 is 0 Å². The Morgan fingerprint density at radius 2 is 1.54 bits per heavy atom. The minimum atomic E-state index is -0.232. The molecule has 4 nitrogen and oxygen atoms in total. The van der Waals surface area contributed by atoms with Gasteiger partial charge in [0.05, 0.1) is 7.11 Å². The van der Waals surface area contributed by atoms with Gasteiger partial charge in [0, 0.05) is 18.7 Å². The third kappa shape index (κ3) is 5.72. The van der Waals surface area contributed by atoms with Crippen molar-refractivity contribution in [1.29, 1.82) is 0 Å². The van der Waals surface area contributed by atoms with E-state index in [0.29, 0.717) is 37.8 Å². The van der Waals surface area contributed by atoms with E-state index in [9.17, 15) is 4.39 Å². The Morgan fingerprint density at radius 1 is 0.786 bits per heavy atom. The normalized spacial score (nSPS) is 10.5. The number of methoxy groups -OCH3 is 1. The highest BCUT2D eigenvalue weighted by molar-refractivity contribution is 5.46. The minimum absolute atomic E-state index is 0.232. The van der Waals surface area contributed by atoms with Gasteiger partial charge in [0.2, 0.25) is 0 Å². The van der Waals surface area contributed by atoms with Crippen LogP contribution in [-0.4, -0.2) is 20.3 Å². The molecular weight excluding hydrogens is 357 g/mol. The monoisotopic (exact) mass is 381 g/mol. The molecule has 5 heteroatoms. The van der Waals surface area contributed by atoms with E-state index in [1.807, 2.05) is 48.5 Å². The maximum absolute atomic E-state index is 13.0. The molecule has 0 aliphatic rings. The fraction of sp³-hybridized carbons (Fsp3) is 0.217. The Hall–Kier alpha value is -3.05. The smallest absolute Gasteiger partial charge is 0.165 e. The molecule has 0 radical (unpaired) electrons. The standard InChI is InChI=1S/C23H24FNO3/c1-26-22-9-5-6-19(17-25-16-18-10-12-20(24)13-11-18)23(22)28-15-14-27-21-7-3-2-4-8-21/h2-13,25H,14-17H2,1H3. The zero-order chi connectivity index (χ0) is 19.6. The lowest BCUT2D eigenvalue weighted by molar-refractivity contribution is 0.209. The number of benzene rings is 3. The maximum atomic E-state index is 13.0. The third-order valence-corrected chi connectivity index (χ3v) is 4.18. The number of rotatable bonds is 10. The highest BCUT2D eigenvalue weighted by Gasteiger charge is 2.10. The van der Waals surface area contributed by atoms with Crippen LogP contribution in [-0.2, 0) is 13.1 Å².